The molecule has 0 aromatic carbocycles. The molecule has 0 amide bonds. The van der Waals surface area contributed by atoms with Crippen molar-refractivity contribution in [3.63, 3.8) is 0 Å². The molecule has 0 spiro atoms. The molecule has 408 valence electrons. The van der Waals surface area contributed by atoms with Gasteiger partial charge in [0.05, 0.1) is 12.2 Å². The van der Waals surface area contributed by atoms with E-state index in [9.17, 15) is 0 Å². The third-order valence-electron chi connectivity index (χ3n) is 9.89. The Morgan fingerprint density at radius 1 is 0.329 bits per heavy atom. The molecular formula is C31H82O23Si16. The molecule has 70 heavy (non-hydrogen) atoms. The maximum atomic E-state index is 7.57. The minimum atomic E-state index is -5.40. The fraction of sp³-hybridized carbons (Fsp3) is 1.00. The standard InChI is InChI=1S/C31H82O23Si16/c1-32-62(33-2,27-26-29-24-25-30-31(28-29)34-30)42-70-52-67(39-59(15,16)17)46-64(36-56(6,7)8)43-63(35-55(3,4)5)44-65(48-67,37-57(9,10)11)50-69(54-70,41-61(21,22)23)51-66(45-63,38-58(12,13)14)49-68(47-64,53-70)40-60(18,19)20/h29-31H,24-28H2,1-23H3. The second-order valence-corrected chi connectivity index (χ2v) is 81.9. The fourth-order valence-corrected chi connectivity index (χ4v) is 73.8. The molecule has 7 saturated heterocycles. The zero-order chi connectivity index (χ0) is 52.5. The van der Waals surface area contributed by atoms with Crippen molar-refractivity contribution < 1.29 is 95.9 Å². The highest BCUT2D eigenvalue weighted by Crippen LogP contribution is 2.53. The molecule has 0 N–H and O–H groups in total. The first-order valence-corrected chi connectivity index (χ1v) is 62.9. The maximum Gasteiger partial charge on any atom is 0.654 e. The molecule has 8 fully saturated rings. The van der Waals surface area contributed by atoms with Gasteiger partial charge in [0.1, 0.15) is 0 Å². The maximum absolute atomic E-state index is 7.57. The smallest absolute Gasteiger partial charge is 0.396 e. The van der Waals surface area contributed by atoms with Crippen molar-refractivity contribution >= 4 is 139 Å². The minimum Gasteiger partial charge on any atom is -0.396 e. The van der Waals surface area contributed by atoms with Gasteiger partial charge in [0, 0.05) is 20.3 Å². The lowest BCUT2D eigenvalue weighted by molar-refractivity contribution is -0.131. The molecule has 39 heteroatoms. The van der Waals surface area contributed by atoms with Crippen LogP contribution < -0.4 is 0 Å². The van der Waals surface area contributed by atoms with Crippen molar-refractivity contribution in [1.82, 2.24) is 0 Å². The molecule has 3 unspecified atom stereocenters. The normalized spacial score (nSPS) is 40.6. The Bertz CT molecular complexity index is 1720. The SMILES string of the molecule is CO[Si](CCC1CCC2OC2C1)(OC)O[Si]12O[Si]3(O[Si](C)(C)C)O[Si]4(O[Si](C)(C)C)O[Si]5(O[Si](C)(C)C)O[Si](O[Si](C)(C)C)(O3)O[Si](O[Si](C)(C)C)(O[Si](O[Si](C)(C)C)(O5)O[Si](O[Si](C)(C)C)(O4)O1)O2. The van der Waals surface area contributed by atoms with Gasteiger partial charge in [0.2, 0.25) is 0 Å². The minimum absolute atomic E-state index is 0.242. The Labute approximate surface area is 434 Å². The highest BCUT2D eigenvalue weighted by atomic mass is 28.7. The molecule has 3 atom stereocenters. The molecule has 8 bridgehead atoms. The molecule has 1 aliphatic carbocycles. The van der Waals surface area contributed by atoms with Crippen molar-refractivity contribution in [2.24, 2.45) is 5.92 Å². The Hall–Kier alpha value is 2.55. The largest absolute Gasteiger partial charge is 0.654 e. The lowest BCUT2D eigenvalue weighted by Gasteiger charge is -2.60. The molecular weight excluding hydrogens is 1190 g/mol. The Morgan fingerprint density at radius 3 is 0.757 bits per heavy atom. The first kappa shape index (κ1) is 60.2. The fourth-order valence-electron chi connectivity index (χ4n) is 8.20. The molecule has 7 heterocycles. The summed E-state index contributed by atoms with van der Waals surface area (Å²) in [4.78, 5) is 0. The van der Waals surface area contributed by atoms with E-state index in [-0.39, 0.29) is 6.10 Å². The number of epoxide rings is 1. The van der Waals surface area contributed by atoms with Crippen LogP contribution in [-0.4, -0.2) is 166 Å². The first-order chi connectivity index (χ1) is 31.3. The topological polar surface area (TPSA) is 216 Å². The summed E-state index contributed by atoms with van der Waals surface area (Å²) < 4.78 is 167. The van der Waals surface area contributed by atoms with Crippen LogP contribution in [0.5, 0.6) is 0 Å². The lowest BCUT2D eigenvalue weighted by Crippen LogP contribution is -2.93. The van der Waals surface area contributed by atoms with Gasteiger partial charge in [-0.05, 0) is 169 Å². The van der Waals surface area contributed by atoms with Gasteiger partial charge in [-0.1, -0.05) is 0 Å². The predicted molar refractivity (Wildman–Crippen MR) is 286 cm³/mol. The summed E-state index contributed by atoms with van der Waals surface area (Å²) in [5.74, 6) is 0.298. The number of rotatable bonds is 21. The van der Waals surface area contributed by atoms with E-state index in [4.69, 9.17) is 95.9 Å². The Balaban J connectivity index is 1.62. The number of hydrogen-bond donors (Lipinski definition) is 0. The highest BCUT2D eigenvalue weighted by Gasteiger charge is 2.92. The van der Waals surface area contributed by atoms with E-state index in [2.05, 4.69) is 0 Å². The Kier molecular flexibility index (Phi) is 16.7. The molecule has 8 aliphatic rings. The van der Waals surface area contributed by atoms with Crippen molar-refractivity contribution in [3.8, 4) is 0 Å². The summed E-state index contributed by atoms with van der Waals surface area (Å²) in [6.07, 6.45) is 4.08. The van der Waals surface area contributed by atoms with Crippen LogP contribution in [0.2, 0.25) is 144 Å². The van der Waals surface area contributed by atoms with Crippen molar-refractivity contribution in [1.29, 1.82) is 0 Å². The van der Waals surface area contributed by atoms with Crippen molar-refractivity contribution in [3.05, 3.63) is 0 Å². The monoisotopic (exact) mass is 1270 g/mol. The third kappa shape index (κ3) is 15.3. The van der Waals surface area contributed by atoms with Gasteiger partial charge in [-0.2, -0.15) is 0 Å². The van der Waals surface area contributed by atoms with Gasteiger partial charge in [-0.3, -0.25) is 0 Å². The van der Waals surface area contributed by atoms with Gasteiger partial charge in [0.25, 0.3) is 0 Å². The van der Waals surface area contributed by atoms with Gasteiger partial charge in [0.15, 0.2) is 58.2 Å². The highest BCUT2D eigenvalue weighted by molar-refractivity contribution is 7.04. The van der Waals surface area contributed by atoms with Gasteiger partial charge < -0.3 is 95.9 Å². The summed E-state index contributed by atoms with van der Waals surface area (Å²) in [5, 5.41) is 0. The Morgan fingerprint density at radius 2 is 0.557 bits per heavy atom. The van der Waals surface area contributed by atoms with E-state index in [0.29, 0.717) is 24.5 Å². The first-order valence-electron chi connectivity index (χ1n) is 24.1. The van der Waals surface area contributed by atoms with Crippen LogP contribution >= 0.6 is 0 Å². The van der Waals surface area contributed by atoms with E-state index < -0.39 is 139 Å². The number of hydrogen-bond acceptors (Lipinski definition) is 23. The van der Waals surface area contributed by atoms with Crippen LogP contribution in [0.25, 0.3) is 0 Å². The molecule has 8 rings (SSSR count). The molecule has 23 nitrogen and oxygen atoms in total. The molecule has 0 aromatic rings. The van der Waals surface area contributed by atoms with E-state index in [1.165, 1.54) is 14.2 Å². The van der Waals surface area contributed by atoms with Gasteiger partial charge in [-0.25, -0.2) is 0 Å². The molecule has 1 saturated carbocycles. The van der Waals surface area contributed by atoms with Crippen molar-refractivity contribution in [2.45, 2.75) is 181 Å². The van der Waals surface area contributed by atoms with Gasteiger partial charge in [-0.15, -0.1) is 0 Å². The number of ether oxygens (including phenoxy) is 1. The molecule has 0 radical (unpaired) electrons. The second kappa shape index (κ2) is 19.4. The quantitative estimate of drug-likeness (QED) is 0.0843. The van der Waals surface area contributed by atoms with Crippen LogP contribution in [0.1, 0.15) is 25.7 Å². The van der Waals surface area contributed by atoms with Crippen molar-refractivity contribution in [2.75, 3.05) is 14.2 Å². The van der Waals surface area contributed by atoms with Gasteiger partial charge >= 0.3 is 81.2 Å². The molecule has 0 aromatic heterocycles. The third-order valence-corrected chi connectivity index (χ3v) is 62.4. The van der Waals surface area contributed by atoms with Crippen LogP contribution in [0.15, 0.2) is 0 Å². The van der Waals surface area contributed by atoms with E-state index >= 15 is 0 Å². The molecule has 7 aliphatic heterocycles. The zero-order valence-electron chi connectivity index (χ0n) is 45.7. The van der Waals surface area contributed by atoms with Crippen LogP contribution in [0.4, 0.5) is 0 Å². The average molecular weight is 1270 g/mol. The van der Waals surface area contributed by atoms with Crippen LogP contribution in [0.3, 0.4) is 0 Å². The predicted octanol–water partition coefficient (Wildman–Crippen LogP) is 6.90. The number of fused-ring (bicyclic) bond motifs is 1. The summed E-state index contributed by atoms with van der Waals surface area (Å²) in [6.45, 7) is 40.9. The summed E-state index contributed by atoms with van der Waals surface area (Å²) in [7, 11) is -63.0. The summed E-state index contributed by atoms with van der Waals surface area (Å²) >= 11 is 0. The van der Waals surface area contributed by atoms with E-state index in [1.54, 1.807) is 0 Å². The summed E-state index contributed by atoms with van der Waals surface area (Å²) in [5.41, 5.74) is 0. The zero-order valence-corrected chi connectivity index (χ0v) is 61.7. The second-order valence-electron chi connectivity index (χ2n) is 25.3. The lowest BCUT2D eigenvalue weighted by atomic mass is 9.88. The van der Waals surface area contributed by atoms with Crippen LogP contribution in [0, 0.1) is 5.92 Å². The summed E-state index contributed by atoms with van der Waals surface area (Å²) in [6, 6.07) is 0.304. The van der Waals surface area contributed by atoms with Crippen LogP contribution in [-0.2, 0) is 95.9 Å². The van der Waals surface area contributed by atoms with E-state index in [0.717, 1.165) is 19.3 Å². The van der Waals surface area contributed by atoms with E-state index in [1.807, 2.05) is 137 Å². The average Bonchev–Trinajstić information content (AvgIpc) is 3.80.